The van der Waals surface area contributed by atoms with E-state index in [0.29, 0.717) is 0 Å². The fourth-order valence-electron chi connectivity index (χ4n) is 1.06. The summed E-state index contributed by atoms with van der Waals surface area (Å²) in [6.45, 7) is 1.88. The van der Waals surface area contributed by atoms with Crippen molar-refractivity contribution < 1.29 is 4.92 Å². The zero-order valence-corrected chi connectivity index (χ0v) is 8.44. The summed E-state index contributed by atoms with van der Waals surface area (Å²) < 4.78 is 0. The molecule has 0 spiro atoms. The molecule has 3 nitrogen and oxygen atoms in total. The average molecular weight is 212 g/mol. The minimum atomic E-state index is -0.428. The Morgan fingerprint density at radius 2 is 2.00 bits per heavy atom. The van der Waals surface area contributed by atoms with Gasteiger partial charge in [-0.05, 0) is 12.5 Å². The summed E-state index contributed by atoms with van der Waals surface area (Å²) >= 11 is 5.98. The quantitative estimate of drug-likeness (QED) is 0.333. The van der Waals surface area contributed by atoms with Gasteiger partial charge in [0, 0.05) is 12.1 Å². The van der Waals surface area contributed by atoms with Gasteiger partial charge in [0.05, 0.1) is 10.3 Å². The van der Waals surface area contributed by atoms with E-state index < -0.39 is 4.92 Å². The minimum absolute atomic E-state index is 0.0816. The summed E-state index contributed by atoms with van der Waals surface area (Å²) in [5, 5.41) is 10.1. The Hall–Kier alpha value is -1.35. The summed E-state index contributed by atoms with van der Waals surface area (Å²) in [6.07, 6.45) is 3.67. The number of non-ortho nitro benzene ring substituents is 1. The summed E-state index contributed by atoms with van der Waals surface area (Å²) in [6, 6.07) is 6.23. The van der Waals surface area contributed by atoms with Gasteiger partial charge >= 0.3 is 0 Å². The maximum absolute atomic E-state index is 10.4. The van der Waals surface area contributed by atoms with Gasteiger partial charge in [-0.15, -0.1) is 11.6 Å². The van der Waals surface area contributed by atoms with Gasteiger partial charge in [0.15, 0.2) is 0 Å². The van der Waals surface area contributed by atoms with Crippen molar-refractivity contribution in [1.82, 2.24) is 0 Å². The van der Waals surface area contributed by atoms with Crippen LogP contribution in [0.2, 0.25) is 0 Å². The van der Waals surface area contributed by atoms with Crippen molar-refractivity contribution >= 4 is 17.3 Å². The number of hydrogen-bond acceptors (Lipinski definition) is 2. The molecule has 1 aromatic carbocycles. The van der Waals surface area contributed by atoms with Crippen LogP contribution in [0.1, 0.15) is 17.9 Å². The molecule has 0 heterocycles. The third kappa shape index (κ3) is 2.57. The first-order chi connectivity index (χ1) is 6.65. The molecule has 0 fully saturated rings. The summed E-state index contributed by atoms with van der Waals surface area (Å²) in [4.78, 5) is 9.94. The zero-order chi connectivity index (χ0) is 10.6. The molecule has 14 heavy (non-hydrogen) atoms. The van der Waals surface area contributed by atoms with E-state index in [1.54, 1.807) is 12.1 Å². The summed E-state index contributed by atoms with van der Waals surface area (Å²) in [5.41, 5.74) is 0.938. The first-order valence-corrected chi connectivity index (χ1v) is 4.60. The summed E-state index contributed by atoms with van der Waals surface area (Å²) in [7, 11) is 0. The van der Waals surface area contributed by atoms with Crippen LogP contribution in [-0.2, 0) is 0 Å². The Bertz CT molecular complexity index is 346. The van der Waals surface area contributed by atoms with Gasteiger partial charge in [-0.1, -0.05) is 24.3 Å². The molecule has 0 amide bonds. The van der Waals surface area contributed by atoms with E-state index >= 15 is 0 Å². The fourth-order valence-corrected chi connectivity index (χ4v) is 1.35. The second-order valence-electron chi connectivity index (χ2n) is 2.78. The number of allylic oxidation sites excluding steroid dienone is 2. The molecule has 1 unspecified atom stereocenters. The molecule has 0 saturated carbocycles. The fraction of sp³-hybridized carbons (Fsp3) is 0.200. The van der Waals surface area contributed by atoms with Crippen molar-refractivity contribution in [2.75, 3.05) is 0 Å². The molecule has 1 atom stereocenters. The lowest BCUT2D eigenvalue weighted by Gasteiger charge is -2.02. The zero-order valence-electron chi connectivity index (χ0n) is 7.68. The van der Waals surface area contributed by atoms with Gasteiger partial charge in [0.2, 0.25) is 0 Å². The number of rotatable bonds is 3. The van der Waals surface area contributed by atoms with Crippen LogP contribution in [-0.4, -0.2) is 4.92 Å². The summed E-state index contributed by atoms with van der Waals surface area (Å²) in [5.74, 6) is 0. The number of nitro benzene ring substituents is 1. The van der Waals surface area contributed by atoms with Gasteiger partial charge in [-0.2, -0.15) is 0 Å². The maximum atomic E-state index is 10.4. The predicted molar refractivity (Wildman–Crippen MR) is 56.5 cm³/mol. The molecular weight excluding hydrogens is 202 g/mol. The van der Waals surface area contributed by atoms with Crippen LogP contribution in [0.25, 0.3) is 0 Å². The first kappa shape index (κ1) is 10.7. The molecule has 0 aliphatic rings. The Morgan fingerprint density at radius 1 is 1.43 bits per heavy atom. The number of alkyl halides is 1. The van der Waals surface area contributed by atoms with E-state index in [-0.39, 0.29) is 11.1 Å². The molecule has 74 valence electrons. The van der Waals surface area contributed by atoms with E-state index in [4.69, 9.17) is 11.6 Å². The highest BCUT2D eigenvalue weighted by Gasteiger charge is 2.07. The van der Waals surface area contributed by atoms with Crippen molar-refractivity contribution in [2.24, 2.45) is 0 Å². The van der Waals surface area contributed by atoms with Crippen molar-refractivity contribution in [3.8, 4) is 0 Å². The van der Waals surface area contributed by atoms with Gasteiger partial charge in [-0.25, -0.2) is 0 Å². The topological polar surface area (TPSA) is 43.1 Å². The first-order valence-electron chi connectivity index (χ1n) is 4.16. The van der Waals surface area contributed by atoms with Crippen LogP contribution in [0.15, 0.2) is 36.4 Å². The van der Waals surface area contributed by atoms with E-state index in [1.807, 2.05) is 19.1 Å². The Balaban J connectivity index is 2.88. The lowest BCUT2D eigenvalue weighted by atomic mass is 10.1. The second kappa shape index (κ2) is 4.77. The van der Waals surface area contributed by atoms with Crippen LogP contribution in [0.5, 0.6) is 0 Å². The molecule has 4 heteroatoms. The molecule has 1 aromatic rings. The largest absolute Gasteiger partial charge is 0.269 e. The smallest absolute Gasteiger partial charge is 0.258 e. The van der Waals surface area contributed by atoms with Crippen LogP contribution in [0, 0.1) is 10.1 Å². The van der Waals surface area contributed by atoms with Gasteiger partial charge in [0.1, 0.15) is 0 Å². The van der Waals surface area contributed by atoms with E-state index in [1.165, 1.54) is 12.1 Å². The highest BCUT2D eigenvalue weighted by molar-refractivity contribution is 6.21. The van der Waals surface area contributed by atoms with Gasteiger partial charge in [0.25, 0.3) is 5.69 Å². The lowest BCUT2D eigenvalue weighted by molar-refractivity contribution is -0.384. The van der Waals surface area contributed by atoms with Gasteiger partial charge < -0.3 is 0 Å². The number of halogens is 1. The Morgan fingerprint density at radius 3 is 2.43 bits per heavy atom. The SMILES string of the molecule is CC=CC(Cl)c1ccc([N+](=O)[O-])cc1. The number of hydrogen-bond donors (Lipinski definition) is 0. The van der Waals surface area contributed by atoms with Crippen LogP contribution in [0.4, 0.5) is 5.69 Å². The number of nitro groups is 1. The average Bonchev–Trinajstić information content (AvgIpc) is 2.18. The molecule has 0 bridgehead atoms. The Labute approximate surface area is 87.2 Å². The van der Waals surface area contributed by atoms with Gasteiger partial charge in [-0.3, -0.25) is 10.1 Å². The molecule has 0 aliphatic carbocycles. The highest BCUT2D eigenvalue weighted by Crippen LogP contribution is 2.23. The van der Waals surface area contributed by atoms with E-state index in [0.717, 1.165) is 5.56 Å². The van der Waals surface area contributed by atoms with Crippen LogP contribution >= 0.6 is 11.6 Å². The molecular formula is C10H10ClNO2. The predicted octanol–water partition coefficient (Wildman–Crippen LogP) is 3.45. The standard InChI is InChI=1S/C10H10ClNO2/c1-2-3-10(11)8-4-6-9(7-5-8)12(13)14/h2-7,10H,1H3. The molecule has 0 aliphatic heterocycles. The molecule has 0 saturated heterocycles. The minimum Gasteiger partial charge on any atom is -0.258 e. The van der Waals surface area contributed by atoms with Crippen molar-refractivity contribution in [3.05, 3.63) is 52.1 Å². The maximum Gasteiger partial charge on any atom is 0.269 e. The Kier molecular flexibility index (Phi) is 3.65. The van der Waals surface area contributed by atoms with Crippen LogP contribution < -0.4 is 0 Å². The third-order valence-corrected chi connectivity index (χ3v) is 2.18. The van der Waals surface area contributed by atoms with E-state index in [2.05, 4.69) is 0 Å². The number of nitrogens with zero attached hydrogens (tertiary/aromatic N) is 1. The van der Waals surface area contributed by atoms with Crippen molar-refractivity contribution in [3.63, 3.8) is 0 Å². The monoisotopic (exact) mass is 211 g/mol. The second-order valence-corrected chi connectivity index (χ2v) is 3.25. The van der Waals surface area contributed by atoms with E-state index in [9.17, 15) is 10.1 Å². The molecule has 0 aromatic heterocycles. The normalized spacial score (nSPS) is 13.0. The van der Waals surface area contributed by atoms with Crippen LogP contribution in [0.3, 0.4) is 0 Å². The number of benzene rings is 1. The molecule has 1 rings (SSSR count). The van der Waals surface area contributed by atoms with Crippen molar-refractivity contribution in [1.29, 1.82) is 0 Å². The van der Waals surface area contributed by atoms with Crippen molar-refractivity contribution in [2.45, 2.75) is 12.3 Å². The third-order valence-electron chi connectivity index (χ3n) is 1.78. The molecule has 0 radical (unpaired) electrons. The highest BCUT2D eigenvalue weighted by atomic mass is 35.5. The lowest BCUT2D eigenvalue weighted by Crippen LogP contribution is -1.89. The molecule has 0 N–H and O–H groups in total.